The Bertz CT molecular complexity index is 2720. The fourth-order valence-corrected chi connectivity index (χ4v) is 8.25. The fraction of sp³-hybridized carbons (Fsp3) is 0.295. The van der Waals surface area contributed by atoms with E-state index in [2.05, 4.69) is 32.6 Å². The molecule has 2 aromatic heterocycles. The van der Waals surface area contributed by atoms with Crippen molar-refractivity contribution in [3.05, 3.63) is 150 Å². The molecule has 5 N–H and O–H groups in total. The molecule has 1 saturated heterocycles. The molecule has 2 aliphatic heterocycles. The number of carbonyl (C=O) groups excluding carboxylic acids is 1. The minimum Gasteiger partial charge on any atom is -0.381 e. The number of carbonyl (C=O) groups is 1. The largest absolute Gasteiger partial charge is 0.381 e. The van der Waals surface area contributed by atoms with Crippen molar-refractivity contribution >= 4 is 52.4 Å². The Labute approximate surface area is 361 Å². The average Bonchev–Trinajstić information content (AvgIpc) is 3.96. The van der Waals surface area contributed by atoms with Gasteiger partial charge < -0.3 is 21.2 Å². The van der Waals surface area contributed by atoms with Crippen molar-refractivity contribution in [2.24, 2.45) is 23.8 Å². The molecule has 0 spiro atoms. The highest BCUT2D eigenvalue weighted by molar-refractivity contribution is 6.33. The molecule has 15 nitrogen and oxygen atoms in total. The van der Waals surface area contributed by atoms with Gasteiger partial charge in [0.25, 0.3) is 0 Å². The molecule has 0 saturated carbocycles. The van der Waals surface area contributed by atoms with Gasteiger partial charge in [-0.05, 0) is 77.8 Å². The molecule has 4 aromatic carbocycles. The topological polar surface area (TPSA) is 194 Å². The highest BCUT2D eigenvalue weighted by Gasteiger charge is 2.32. The van der Waals surface area contributed by atoms with Gasteiger partial charge in [0.15, 0.2) is 0 Å². The third-order valence-electron chi connectivity index (χ3n) is 11.4. The predicted molar refractivity (Wildman–Crippen MR) is 237 cm³/mol. The standard InChI is InChI=1S/C44H45Cl2N11O4/c1-26(40(48)58)57-41(53-56(44(57)60)24-27-17-19-61-20-18-27)49-23-35(38(47)29-11-14-33(45)15-12-29)31-10-6-9-30(21-31)34-22-32(13-16-37(34)46)39-36(28-7-4-3-5-8-28)25-55(51-39)42-50-43(59)54(2)52-42/h3-16,21-22,26-27,35-36,47H,17-20,23-25H2,1-2H3,(H2,48,58)(H,49,53)(H,50,52,59)/t26-,35+,36-/m0/s1. The van der Waals surface area contributed by atoms with Crippen molar-refractivity contribution in [2.75, 3.05) is 36.6 Å². The molecular weight excluding hydrogens is 817 g/mol. The molecule has 2 aliphatic rings. The van der Waals surface area contributed by atoms with Gasteiger partial charge in [-0.15, -0.1) is 10.2 Å². The Kier molecular flexibility index (Phi) is 12.1. The second-order valence-corrected chi connectivity index (χ2v) is 16.2. The number of amides is 1. The molecule has 1 fully saturated rings. The molecule has 314 valence electrons. The third-order valence-corrected chi connectivity index (χ3v) is 12.0. The average molecular weight is 863 g/mol. The zero-order valence-corrected chi connectivity index (χ0v) is 35.1. The predicted octanol–water partition coefficient (Wildman–Crippen LogP) is 6.19. The number of nitrogens with two attached hydrogens (primary N) is 1. The molecule has 17 heteroatoms. The van der Waals surface area contributed by atoms with Crippen molar-refractivity contribution < 1.29 is 9.53 Å². The van der Waals surface area contributed by atoms with Crippen molar-refractivity contribution in [2.45, 2.75) is 44.2 Å². The smallest absolute Gasteiger partial charge is 0.348 e. The number of primary amides is 1. The molecular formula is C44H45Cl2N11O4. The van der Waals surface area contributed by atoms with Gasteiger partial charge in [-0.1, -0.05) is 96.0 Å². The number of aryl methyl sites for hydroxylation is 1. The number of halogens is 2. The van der Waals surface area contributed by atoms with E-state index in [4.69, 9.17) is 38.8 Å². The molecule has 8 rings (SSSR count). The lowest BCUT2D eigenvalue weighted by Gasteiger charge is -2.22. The summed E-state index contributed by atoms with van der Waals surface area (Å²) in [5.74, 6) is -0.672. The number of aromatic nitrogens is 6. The number of H-pyrrole nitrogens is 1. The van der Waals surface area contributed by atoms with Gasteiger partial charge in [-0.2, -0.15) is 5.10 Å². The number of ether oxygens (including phenoxy) is 1. The molecule has 0 aliphatic carbocycles. The number of hydrazone groups is 1. The van der Waals surface area contributed by atoms with E-state index in [-0.39, 0.29) is 30.0 Å². The van der Waals surface area contributed by atoms with Crippen LogP contribution >= 0.6 is 23.2 Å². The van der Waals surface area contributed by atoms with Gasteiger partial charge in [0.1, 0.15) is 6.04 Å². The van der Waals surface area contributed by atoms with Gasteiger partial charge in [-0.25, -0.2) is 28.5 Å². The first kappa shape index (κ1) is 41.4. The molecule has 0 unspecified atom stereocenters. The number of anilines is 2. The normalized spacial score (nSPS) is 16.6. The number of hydrogen-bond acceptors (Lipinski definition) is 10. The summed E-state index contributed by atoms with van der Waals surface area (Å²) in [6, 6.07) is 29.8. The molecule has 4 heterocycles. The van der Waals surface area contributed by atoms with E-state index >= 15 is 0 Å². The van der Waals surface area contributed by atoms with Crippen LogP contribution in [0.4, 0.5) is 11.9 Å². The maximum atomic E-state index is 13.8. The van der Waals surface area contributed by atoms with Gasteiger partial charge >= 0.3 is 11.4 Å². The van der Waals surface area contributed by atoms with Crippen molar-refractivity contribution in [1.29, 1.82) is 5.41 Å². The Hall–Kier alpha value is -6.29. The van der Waals surface area contributed by atoms with Crippen LogP contribution in [0.15, 0.2) is 112 Å². The third kappa shape index (κ3) is 8.81. The van der Waals surface area contributed by atoms with E-state index in [1.54, 1.807) is 43.2 Å². The monoisotopic (exact) mass is 861 g/mol. The van der Waals surface area contributed by atoms with Crippen LogP contribution in [-0.2, 0) is 23.1 Å². The van der Waals surface area contributed by atoms with Crippen molar-refractivity contribution in [1.82, 2.24) is 29.1 Å². The summed E-state index contributed by atoms with van der Waals surface area (Å²) in [4.78, 5) is 41.3. The second-order valence-electron chi connectivity index (χ2n) is 15.4. The zero-order chi connectivity index (χ0) is 42.8. The quantitative estimate of drug-likeness (QED) is 0.0932. The van der Waals surface area contributed by atoms with E-state index in [0.29, 0.717) is 53.6 Å². The SMILES string of the molecule is C[C@@H](C(N)=O)n1c(NC[C@@H](C(=N)c2ccc(Cl)cc2)c2cccc(-c3cc(C4=NN(c5nn(C)c(=O)[nH]5)C[C@H]4c4ccccc4)ccc3Cl)c2)nn(CC2CCOCC2)c1=O. The van der Waals surface area contributed by atoms with Crippen LogP contribution in [0.3, 0.4) is 0 Å². The van der Waals surface area contributed by atoms with E-state index in [1.165, 1.54) is 13.9 Å². The minimum absolute atomic E-state index is 0.138. The number of hydrogen-bond donors (Lipinski definition) is 4. The number of rotatable bonds is 14. The lowest BCUT2D eigenvalue weighted by molar-refractivity contribution is -0.120. The second kappa shape index (κ2) is 17.7. The summed E-state index contributed by atoms with van der Waals surface area (Å²) in [5, 5.41) is 29.6. The van der Waals surface area contributed by atoms with Gasteiger partial charge in [-0.3, -0.25) is 9.78 Å². The van der Waals surface area contributed by atoms with E-state index in [1.807, 2.05) is 60.7 Å². The summed E-state index contributed by atoms with van der Waals surface area (Å²) < 4.78 is 9.43. The number of nitrogens with zero attached hydrogens (tertiary/aromatic N) is 7. The maximum Gasteiger partial charge on any atom is 0.348 e. The van der Waals surface area contributed by atoms with Crippen LogP contribution in [0.5, 0.6) is 0 Å². The molecule has 0 bridgehead atoms. The highest BCUT2D eigenvalue weighted by atomic mass is 35.5. The van der Waals surface area contributed by atoms with Gasteiger partial charge in [0.05, 0.1) is 12.3 Å². The molecule has 6 aromatic rings. The summed E-state index contributed by atoms with van der Waals surface area (Å²) in [6.45, 7) is 3.77. The van der Waals surface area contributed by atoms with Crippen LogP contribution in [0.2, 0.25) is 10.0 Å². The minimum atomic E-state index is -0.977. The molecule has 0 radical (unpaired) electrons. The van der Waals surface area contributed by atoms with Crippen molar-refractivity contribution in [3.8, 4) is 11.1 Å². The lowest BCUT2D eigenvalue weighted by Crippen LogP contribution is -2.35. The Balaban J connectivity index is 1.15. The Morgan fingerprint density at radius 2 is 1.72 bits per heavy atom. The van der Waals surface area contributed by atoms with Crippen LogP contribution in [0.25, 0.3) is 11.1 Å². The van der Waals surface area contributed by atoms with E-state index < -0.39 is 23.6 Å². The zero-order valence-electron chi connectivity index (χ0n) is 33.6. The summed E-state index contributed by atoms with van der Waals surface area (Å²) >= 11 is 13.2. The Morgan fingerprint density at radius 1 is 0.967 bits per heavy atom. The van der Waals surface area contributed by atoms with Gasteiger partial charge in [0, 0.05) is 66.5 Å². The molecule has 3 atom stereocenters. The van der Waals surface area contributed by atoms with Crippen LogP contribution in [0.1, 0.15) is 59.9 Å². The maximum absolute atomic E-state index is 13.8. The summed E-state index contributed by atoms with van der Waals surface area (Å²) in [5.41, 5.74) is 10.9. The van der Waals surface area contributed by atoms with Crippen LogP contribution in [-0.4, -0.2) is 72.7 Å². The number of benzene rings is 4. The molecule has 1 amide bonds. The van der Waals surface area contributed by atoms with E-state index in [9.17, 15) is 19.8 Å². The molecule has 61 heavy (non-hydrogen) atoms. The Morgan fingerprint density at radius 3 is 2.43 bits per heavy atom. The van der Waals surface area contributed by atoms with Crippen molar-refractivity contribution in [3.63, 3.8) is 0 Å². The van der Waals surface area contributed by atoms with Crippen LogP contribution < -0.4 is 27.4 Å². The fourth-order valence-electron chi connectivity index (χ4n) is 7.90. The summed E-state index contributed by atoms with van der Waals surface area (Å²) in [7, 11) is 1.58. The number of nitrogens with one attached hydrogen (secondary N) is 3. The first-order valence-electron chi connectivity index (χ1n) is 20.0. The first-order valence-corrected chi connectivity index (χ1v) is 20.8. The summed E-state index contributed by atoms with van der Waals surface area (Å²) in [6.07, 6.45) is 1.59. The number of aromatic amines is 1. The highest BCUT2D eigenvalue weighted by Crippen LogP contribution is 2.36. The van der Waals surface area contributed by atoms with Gasteiger partial charge in [0.2, 0.25) is 17.8 Å². The lowest BCUT2D eigenvalue weighted by atomic mass is 9.87. The van der Waals surface area contributed by atoms with E-state index in [0.717, 1.165) is 46.4 Å². The van der Waals surface area contributed by atoms with Crippen LogP contribution in [0, 0.1) is 11.3 Å². The first-order chi connectivity index (χ1) is 29.4.